The van der Waals surface area contributed by atoms with E-state index in [1.165, 1.54) is 31.2 Å². The van der Waals surface area contributed by atoms with E-state index in [0.717, 1.165) is 25.9 Å². The molecule has 1 atom stereocenters. The number of carbonyl (C=O) groups is 1. The third-order valence-corrected chi connectivity index (χ3v) is 5.98. The van der Waals surface area contributed by atoms with Crippen molar-refractivity contribution in [3.8, 4) is 0 Å². The van der Waals surface area contributed by atoms with Gasteiger partial charge in [-0.1, -0.05) is 37.3 Å². The Labute approximate surface area is 140 Å². The van der Waals surface area contributed by atoms with Crippen molar-refractivity contribution >= 4 is 5.91 Å². The van der Waals surface area contributed by atoms with Gasteiger partial charge in [-0.3, -0.25) is 4.79 Å². The molecule has 1 aromatic carbocycles. The highest BCUT2D eigenvalue weighted by Gasteiger charge is 2.35. The highest BCUT2D eigenvalue weighted by atomic mass is 16.2. The molecule has 3 nitrogen and oxygen atoms in total. The van der Waals surface area contributed by atoms with Crippen LogP contribution in [0.25, 0.3) is 0 Å². The molecule has 2 aliphatic rings. The van der Waals surface area contributed by atoms with Gasteiger partial charge in [-0.2, -0.15) is 0 Å². The smallest absolute Gasteiger partial charge is 0.222 e. The molecule has 23 heavy (non-hydrogen) atoms. The van der Waals surface area contributed by atoms with Crippen LogP contribution in [-0.4, -0.2) is 30.4 Å². The van der Waals surface area contributed by atoms with Crippen molar-refractivity contribution in [3.05, 3.63) is 35.9 Å². The summed E-state index contributed by atoms with van der Waals surface area (Å²) < 4.78 is 0. The number of nitrogens with two attached hydrogens (primary N) is 1. The third kappa shape index (κ3) is 3.95. The molecule has 3 rings (SSSR count). The number of nitrogens with zero attached hydrogens (tertiary/aromatic N) is 1. The second kappa shape index (κ2) is 7.04. The third-order valence-electron chi connectivity index (χ3n) is 5.98. The van der Waals surface area contributed by atoms with Crippen LogP contribution in [0.2, 0.25) is 0 Å². The molecule has 1 heterocycles. The fourth-order valence-electron chi connectivity index (χ4n) is 4.20. The van der Waals surface area contributed by atoms with E-state index in [1.807, 2.05) is 0 Å². The van der Waals surface area contributed by atoms with E-state index >= 15 is 0 Å². The van der Waals surface area contributed by atoms with Crippen LogP contribution in [0.3, 0.4) is 0 Å². The van der Waals surface area contributed by atoms with E-state index < -0.39 is 0 Å². The van der Waals surface area contributed by atoms with Crippen LogP contribution in [0.15, 0.2) is 30.3 Å². The van der Waals surface area contributed by atoms with Crippen LogP contribution < -0.4 is 5.73 Å². The standard InChI is InChI=1S/C20H30N2O/c1-20(14-21)11-12-22(15-20)19(23)13-16-7-9-18(10-8-16)17-5-3-2-4-6-17/h2-6,16,18H,7-15,21H2,1H3. The minimum absolute atomic E-state index is 0.140. The largest absolute Gasteiger partial charge is 0.342 e. The molecule has 1 aliphatic heterocycles. The zero-order valence-electron chi connectivity index (χ0n) is 14.3. The van der Waals surface area contributed by atoms with Gasteiger partial charge in [0.2, 0.25) is 5.91 Å². The molecule has 0 radical (unpaired) electrons. The van der Waals surface area contributed by atoms with Crippen LogP contribution in [0, 0.1) is 11.3 Å². The van der Waals surface area contributed by atoms with Crippen LogP contribution >= 0.6 is 0 Å². The van der Waals surface area contributed by atoms with Crippen molar-refractivity contribution in [2.75, 3.05) is 19.6 Å². The quantitative estimate of drug-likeness (QED) is 0.924. The van der Waals surface area contributed by atoms with E-state index in [9.17, 15) is 4.79 Å². The van der Waals surface area contributed by atoms with Gasteiger partial charge in [0.1, 0.15) is 0 Å². The molecule has 1 aromatic rings. The van der Waals surface area contributed by atoms with Gasteiger partial charge in [0.15, 0.2) is 0 Å². The Bertz CT molecular complexity index is 522. The second-order valence-corrected chi connectivity index (χ2v) is 7.91. The molecule has 1 saturated carbocycles. The summed E-state index contributed by atoms with van der Waals surface area (Å²) in [6, 6.07) is 10.8. The first-order valence-corrected chi connectivity index (χ1v) is 9.12. The van der Waals surface area contributed by atoms with Gasteiger partial charge in [-0.15, -0.1) is 0 Å². The summed E-state index contributed by atoms with van der Waals surface area (Å²) in [5, 5.41) is 0. The summed E-state index contributed by atoms with van der Waals surface area (Å²) in [7, 11) is 0. The van der Waals surface area contributed by atoms with Gasteiger partial charge in [0.25, 0.3) is 0 Å². The molecule has 1 saturated heterocycles. The van der Waals surface area contributed by atoms with Crippen LogP contribution in [0.5, 0.6) is 0 Å². The Morgan fingerprint density at radius 2 is 1.91 bits per heavy atom. The lowest BCUT2D eigenvalue weighted by Gasteiger charge is -2.30. The van der Waals surface area contributed by atoms with Gasteiger partial charge < -0.3 is 10.6 Å². The summed E-state index contributed by atoms with van der Waals surface area (Å²) in [5.74, 6) is 1.62. The van der Waals surface area contributed by atoms with Crippen molar-refractivity contribution in [2.45, 2.75) is 51.4 Å². The van der Waals surface area contributed by atoms with Crippen LogP contribution in [0.4, 0.5) is 0 Å². The lowest BCUT2D eigenvalue weighted by Crippen LogP contribution is -2.35. The molecule has 0 bridgehead atoms. The topological polar surface area (TPSA) is 46.3 Å². The normalized spacial score (nSPS) is 31.3. The highest BCUT2D eigenvalue weighted by molar-refractivity contribution is 5.76. The highest BCUT2D eigenvalue weighted by Crippen LogP contribution is 2.37. The Hall–Kier alpha value is -1.35. The van der Waals surface area contributed by atoms with E-state index in [4.69, 9.17) is 5.73 Å². The Morgan fingerprint density at radius 1 is 1.22 bits per heavy atom. The van der Waals surface area contributed by atoms with E-state index in [1.54, 1.807) is 0 Å². The van der Waals surface area contributed by atoms with Gasteiger partial charge in [0, 0.05) is 19.5 Å². The van der Waals surface area contributed by atoms with Crippen LogP contribution in [-0.2, 0) is 4.79 Å². The molecule has 3 heteroatoms. The first-order chi connectivity index (χ1) is 11.1. The Balaban J connectivity index is 1.47. The predicted octanol–water partition coefficient (Wildman–Crippen LogP) is 3.55. The Morgan fingerprint density at radius 3 is 2.52 bits per heavy atom. The van der Waals surface area contributed by atoms with E-state index in [2.05, 4.69) is 42.2 Å². The minimum Gasteiger partial charge on any atom is -0.342 e. The summed E-state index contributed by atoms with van der Waals surface area (Å²) in [4.78, 5) is 14.6. The van der Waals surface area contributed by atoms with Crippen LogP contribution in [0.1, 0.15) is 56.9 Å². The number of rotatable bonds is 4. The maximum Gasteiger partial charge on any atom is 0.222 e. The molecule has 0 aromatic heterocycles. The number of hydrogen-bond donors (Lipinski definition) is 1. The van der Waals surface area contributed by atoms with Gasteiger partial charge in [-0.25, -0.2) is 0 Å². The predicted molar refractivity (Wildman–Crippen MR) is 94.1 cm³/mol. The molecule has 0 spiro atoms. The van der Waals surface area contributed by atoms with Crippen molar-refractivity contribution in [3.63, 3.8) is 0 Å². The lowest BCUT2D eigenvalue weighted by molar-refractivity contribution is -0.131. The molecular formula is C20H30N2O. The number of likely N-dealkylation sites (tertiary alicyclic amines) is 1. The number of benzene rings is 1. The second-order valence-electron chi connectivity index (χ2n) is 7.91. The maximum absolute atomic E-state index is 12.6. The van der Waals surface area contributed by atoms with E-state index in [-0.39, 0.29) is 5.41 Å². The number of carbonyl (C=O) groups excluding carboxylic acids is 1. The Kier molecular flexibility index (Phi) is 5.05. The first kappa shape index (κ1) is 16.5. The first-order valence-electron chi connectivity index (χ1n) is 9.12. The van der Waals surface area contributed by atoms with Gasteiger partial charge >= 0.3 is 0 Å². The van der Waals surface area contributed by atoms with Crippen molar-refractivity contribution < 1.29 is 4.79 Å². The summed E-state index contributed by atoms with van der Waals surface area (Å²) in [5.41, 5.74) is 7.45. The molecular weight excluding hydrogens is 284 g/mol. The fraction of sp³-hybridized carbons (Fsp3) is 0.650. The van der Waals surface area contributed by atoms with E-state index in [0.29, 0.717) is 24.3 Å². The average Bonchev–Trinajstić information content (AvgIpc) is 3.00. The molecule has 1 aliphatic carbocycles. The van der Waals surface area contributed by atoms with Crippen molar-refractivity contribution in [1.29, 1.82) is 0 Å². The molecule has 126 valence electrons. The molecule has 1 unspecified atom stereocenters. The monoisotopic (exact) mass is 314 g/mol. The van der Waals surface area contributed by atoms with Crippen molar-refractivity contribution in [1.82, 2.24) is 4.90 Å². The SMILES string of the molecule is CC1(CN)CCN(C(=O)CC2CCC(c3ccccc3)CC2)C1. The molecule has 2 N–H and O–H groups in total. The molecule has 1 amide bonds. The fourth-order valence-corrected chi connectivity index (χ4v) is 4.20. The van der Waals surface area contributed by atoms with Crippen molar-refractivity contribution in [2.24, 2.45) is 17.1 Å². The maximum atomic E-state index is 12.6. The minimum atomic E-state index is 0.140. The zero-order chi connectivity index (χ0) is 16.3. The summed E-state index contributed by atoms with van der Waals surface area (Å²) in [6.07, 6.45) is 6.61. The van der Waals surface area contributed by atoms with Gasteiger partial charge in [0.05, 0.1) is 0 Å². The van der Waals surface area contributed by atoms with Gasteiger partial charge in [-0.05, 0) is 61.5 Å². The molecule has 2 fully saturated rings. The number of amides is 1. The summed E-state index contributed by atoms with van der Waals surface area (Å²) >= 11 is 0. The number of hydrogen-bond acceptors (Lipinski definition) is 2. The zero-order valence-corrected chi connectivity index (χ0v) is 14.3. The lowest BCUT2D eigenvalue weighted by atomic mass is 9.77. The average molecular weight is 314 g/mol. The summed E-state index contributed by atoms with van der Waals surface area (Å²) in [6.45, 7) is 4.62.